The van der Waals surface area contributed by atoms with Crippen LogP contribution in [0.2, 0.25) is 5.15 Å². The third-order valence-electron chi connectivity index (χ3n) is 2.64. The maximum absolute atomic E-state index is 6.02. The SMILES string of the molecule is CCN(c1ccccc1)c1ncnc(Cl)c1C. The first kappa shape index (κ1) is 11.9. The highest BCUT2D eigenvalue weighted by atomic mass is 35.5. The van der Waals surface area contributed by atoms with Gasteiger partial charge in [-0.1, -0.05) is 29.8 Å². The fourth-order valence-corrected chi connectivity index (χ4v) is 1.88. The molecular formula is C13H14ClN3. The van der Waals surface area contributed by atoms with Gasteiger partial charge in [-0.15, -0.1) is 0 Å². The van der Waals surface area contributed by atoms with E-state index in [-0.39, 0.29) is 0 Å². The fourth-order valence-electron chi connectivity index (χ4n) is 1.75. The Bertz CT molecular complexity index is 499. The van der Waals surface area contributed by atoms with E-state index in [2.05, 4.69) is 33.9 Å². The van der Waals surface area contributed by atoms with E-state index >= 15 is 0 Å². The molecule has 4 heteroatoms. The van der Waals surface area contributed by atoms with Gasteiger partial charge in [-0.2, -0.15) is 0 Å². The van der Waals surface area contributed by atoms with E-state index in [1.165, 1.54) is 6.33 Å². The van der Waals surface area contributed by atoms with Gasteiger partial charge in [0.15, 0.2) is 0 Å². The summed E-state index contributed by atoms with van der Waals surface area (Å²) in [7, 11) is 0. The molecule has 17 heavy (non-hydrogen) atoms. The topological polar surface area (TPSA) is 29.0 Å². The first-order chi connectivity index (χ1) is 8.24. The largest absolute Gasteiger partial charge is 0.326 e. The second kappa shape index (κ2) is 5.15. The molecule has 0 unspecified atom stereocenters. The number of para-hydroxylation sites is 1. The molecule has 0 radical (unpaired) electrons. The van der Waals surface area contributed by atoms with E-state index < -0.39 is 0 Å². The maximum atomic E-state index is 6.02. The summed E-state index contributed by atoms with van der Waals surface area (Å²) in [5, 5.41) is 0.504. The number of nitrogens with zero attached hydrogens (tertiary/aromatic N) is 3. The highest BCUT2D eigenvalue weighted by Crippen LogP contribution is 2.28. The van der Waals surface area contributed by atoms with Crippen molar-refractivity contribution in [1.29, 1.82) is 0 Å². The molecule has 1 aromatic carbocycles. The number of rotatable bonds is 3. The summed E-state index contributed by atoms with van der Waals surface area (Å²) >= 11 is 6.02. The highest BCUT2D eigenvalue weighted by molar-refractivity contribution is 6.30. The van der Waals surface area contributed by atoms with Crippen molar-refractivity contribution in [3.05, 3.63) is 47.4 Å². The van der Waals surface area contributed by atoms with Crippen molar-refractivity contribution in [1.82, 2.24) is 9.97 Å². The molecule has 1 aromatic heterocycles. The molecule has 0 amide bonds. The third kappa shape index (κ3) is 2.39. The molecule has 0 atom stereocenters. The average Bonchev–Trinajstić information content (AvgIpc) is 2.37. The quantitative estimate of drug-likeness (QED) is 0.776. The lowest BCUT2D eigenvalue weighted by Gasteiger charge is -2.23. The van der Waals surface area contributed by atoms with E-state index in [1.54, 1.807) is 0 Å². The zero-order valence-electron chi connectivity index (χ0n) is 9.89. The Morgan fingerprint density at radius 3 is 2.53 bits per heavy atom. The van der Waals surface area contributed by atoms with E-state index in [4.69, 9.17) is 11.6 Å². The van der Waals surface area contributed by atoms with Gasteiger partial charge in [0.1, 0.15) is 17.3 Å². The number of aromatic nitrogens is 2. The van der Waals surface area contributed by atoms with Crippen molar-refractivity contribution in [2.45, 2.75) is 13.8 Å². The molecule has 0 aliphatic rings. The summed E-state index contributed by atoms with van der Waals surface area (Å²) in [6, 6.07) is 10.1. The monoisotopic (exact) mass is 247 g/mol. The minimum Gasteiger partial charge on any atom is -0.326 e. The van der Waals surface area contributed by atoms with E-state index in [0.29, 0.717) is 5.15 Å². The lowest BCUT2D eigenvalue weighted by Crippen LogP contribution is -2.18. The van der Waals surface area contributed by atoms with Crippen molar-refractivity contribution >= 4 is 23.1 Å². The van der Waals surface area contributed by atoms with Crippen LogP contribution in [0.15, 0.2) is 36.7 Å². The van der Waals surface area contributed by atoms with Crippen molar-refractivity contribution < 1.29 is 0 Å². The van der Waals surface area contributed by atoms with Crippen LogP contribution in [0.4, 0.5) is 11.5 Å². The van der Waals surface area contributed by atoms with Crippen LogP contribution < -0.4 is 4.90 Å². The van der Waals surface area contributed by atoms with Crippen LogP contribution in [0.25, 0.3) is 0 Å². The summed E-state index contributed by atoms with van der Waals surface area (Å²) < 4.78 is 0. The molecule has 0 spiro atoms. The molecule has 0 aliphatic carbocycles. The van der Waals surface area contributed by atoms with Crippen LogP contribution in [-0.4, -0.2) is 16.5 Å². The van der Waals surface area contributed by atoms with Gasteiger partial charge in [0.2, 0.25) is 0 Å². The third-order valence-corrected chi connectivity index (χ3v) is 3.02. The Morgan fingerprint density at radius 2 is 1.88 bits per heavy atom. The number of anilines is 2. The molecule has 2 rings (SSSR count). The van der Waals surface area contributed by atoms with Gasteiger partial charge in [-0.05, 0) is 26.0 Å². The fraction of sp³-hybridized carbons (Fsp3) is 0.231. The Balaban J connectivity index is 2.46. The molecule has 0 saturated carbocycles. The predicted molar refractivity (Wildman–Crippen MR) is 70.9 cm³/mol. The van der Waals surface area contributed by atoms with Gasteiger partial charge in [-0.3, -0.25) is 0 Å². The summed E-state index contributed by atoms with van der Waals surface area (Å²) in [4.78, 5) is 10.4. The lowest BCUT2D eigenvalue weighted by atomic mass is 10.2. The number of hydrogen-bond acceptors (Lipinski definition) is 3. The van der Waals surface area contributed by atoms with Crippen LogP contribution in [-0.2, 0) is 0 Å². The lowest BCUT2D eigenvalue weighted by molar-refractivity contribution is 0.962. The van der Waals surface area contributed by atoms with Crippen molar-refractivity contribution in [2.75, 3.05) is 11.4 Å². The van der Waals surface area contributed by atoms with Crippen LogP contribution in [0, 0.1) is 6.92 Å². The minimum absolute atomic E-state index is 0.504. The first-order valence-electron chi connectivity index (χ1n) is 5.53. The number of hydrogen-bond donors (Lipinski definition) is 0. The summed E-state index contributed by atoms with van der Waals surface area (Å²) in [5.41, 5.74) is 2.01. The average molecular weight is 248 g/mol. The smallest absolute Gasteiger partial charge is 0.140 e. The standard InChI is InChI=1S/C13H14ClN3/c1-3-17(11-7-5-4-6-8-11)13-10(2)12(14)15-9-16-13/h4-9H,3H2,1-2H3. The minimum atomic E-state index is 0.504. The van der Waals surface area contributed by atoms with Gasteiger partial charge in [0.25, 0.3) is 0 Å². The summed E-state index contributed by atoms with van der Waals surface area (Å²) in [6.45, 7) is 4.85. The maximum Gasteiger partial charge on any atom is 0.140 e. The Hall–Kier alpha value is -1.61. The molecule has 1 heterocycles. The molecule has 0 N–H and O–H groups in total. The van der Waals surface area contributed by atoms with Gasteiger partial charge < -0.3 is 4.90 Å². The highest BCUT2D eigenvalue weighted by Gasteiger charge is 2.13. The second-order valence-electron chi connectivity index (χ2n) is 3.69. The van der Waals surface area contributed by atoms with Crippen molar-refractivity contribution in [2.24, 2.45) is 0 Å². The van der Waals surface area contributed by atoms with E-state index in [1.807, 2.05) is 25.1 Å². The van der Waals surface area contributed by atoms with Crippen molar-refractivity contribution in [3.63, 3.8) is 0 Å². The zero-order valence-corrected chi connectivity index (χ0v) is 10.6. The molecular weight excluding hydrogens is 234 g/mol. The summed E-state index contributed by atoms with van der Waals surface area (Å²) in [6.07, 6.45) is 1.50. The predicted octanol–water partition coefficient (Wildman–Crippen LogP) is 3.60. The Kier molecular flexibility index (Phi) is 3.59. The van der Waals surface area contributed by atoms with Crippen LogP contribution >= 0.6 is 11.6 Å². The van der Waals surface area contributed by atoms with E-state index in [0.717, 1.165) is 23.6 Å². The normalized spacial score (nSPS) is 10.3. The second-order valence-corrected chi connectivity index (χ2v) is 4.05. The number of halogens is 1. The van der Waals surface area contributed by atoms with Crippen LogP contribution in [0.3, 0.4) is 0 Å². The van der Waals surface area contributed by atoms with Gasteiger partial charge in [0.05, 0.1) is 0 Å². The Morgan fingerprint density at radius 1 is 1.18 bits per heavy atom. The van der Waals surface area contributed by atoms with Gasteiger partial charge in [0, 0.05) is 17.8 Å². The zero-order chi connectivity index (χ0) is 12.3. The Labute approximate surface area is 106 Å². The number of benzene rings is 1. The molecule has 0 fully saturated rings. The molecule has 2 aromatic rings. The van der Waals surface area contributed by atoms with Gasteiger partial charge in [-0.25, -0.2) is 9.97 Å². The molecule has 3 nitrogen and oxygen atoms in total. The summed E-state index contributed by atoms with van der Waals surface area (Å²) in [5.74, 6) is 0.860. The molecule has 0 saturated heterocycles. The molecule has 88 valence electrons. The van der Waals surface area contributed by atoms with Gasteiger partial charge >= 0.3 is 0 Å². The van der Waals surface area contributed by atoms with Crippen molar-refractivity contribution in [3.8, 4) is 0 Å². The molecule has 0 aliphatic heterocycles. The van der Waals surface area contributed by atoms with E-state index in [9.17, 15) is 0 Å². The van der Waals surface area contributed by atoms with Crippen LogP contribution in [0.5, 0.6) is 0 Å². The molecule has 0 bridgehead atoms. The first-order valence-corrected chi connectivity index (χ1v) is 5.91. The van der Waals surface area contributed by atoms with Crippen LogP contribution in [0.1, 0.15) is 12.5 Å².